The highest BCUT2D eigenvalue weighted by molar-refractivity contribution is 5.37. The van der Waals surface area contributed by atoms with Crippen LogP contribution in [0, 0.1) is 0 Å². The van der Waals surface area contributed by atoms with E-state index in [1.165, 1.54) is 0 Å². The molecule has 0 aromatic heterocycles. The normalized spacial score (nSPS) is 20.2. The third-order valence-electron chi connectivity index (χ3n) is 2.88. The SMILES string of the molecule is FC(F)(F)c1cc(OC2CCNC2)cc(C(F)(F)F)c1. The predicted octanol–water partition coefficient (Wildman–Crippen LogP) is 3.46. The van der Waals surface area contributed by atoms with Crippen LogP contribution in [0.5, 0.6) is 5.75 Å². The summed E-state index contributed by atoms with van der Waals surface area (Å²) >= 11 is 0. The lowest BCUT2D eigenvalue weighted by Gasteiger charge is -2.17. The molecule has 1 saturated heterocycles. The third-order valence-corrected chi connectivity index (χ3v) is 2.88. The lowest BCUT2D eigenvalue weighted by molar-refractivity contribution is -0.143. The summed E-state index contributed by atoms with van der Waals surface area (Å²) < 4.78 is 80.9. The maximum absolute atomic E-state index is 12.6. The molecule has 112 valence electrons. The van der Waals surface area contributed by atoms with Crippen LogP contribution >= 0.6 is 0 Å². The molecule has 1 fully saturated rings. The lowest BCUT2D eigenvalue weighted by atomic mass is 10.1. The van der Waals surface area contributed by atoms with E-state index in [0.29, 0.717) is 31.6 Å². The molecule has 0 aliphatic carbocycles. The lowest BCUT2D eigenvalue weighted by Crippen LogP contribution is -2.20. The Morgan fingerprint density at radius 1 is 0.950 bits per heavy atom. The summed E-state index contributed by atoms with van der Waals surface area (Å²) in [5.74, 6) is -0.416. The Hall–Kier alpha value is -1.44. The van der Waals surface area contributed by atoms with E-state index >= 15 is 0 Å². The Balaban J connectivity index is 2.34. The van der Waals surface area contributed by atoms with E-state index in [4.69, 9.17) is 4.74 Å². The van der Waals surface area contributed by atoms with Gasteiger partial charge in [0.1, 0.15) is 11.9 Å². The number of halogens is 6. The maximum atomic E-state index is 12.6. The minimum Gasteiger partial charge on any atom is -0.489 e. The van der Waals surface area contributed by atoms with Gasteiger partial charge in [0.05, 0.1) is 11.1 Å². The number of hydrogen-bond donors (Lipinski definition) is 1. The summed E-state index contributed by atoms with van der Waals surface area (Å²) in [5, 5.41) is 2.91. The first-order chi connectivity index (χ1) is 9.16. The van der Waals surface area contributed by atoms with Crippen molar-refractivity contribution in [1.29, 1.82) is 0 Å². The van der Waals surface area contributed by atoms with Crippen LogP contribution in [0.1, 0.15) is 17.5 Å². The van der Waals surface area contributed by atoms with Crippen LogP contribution < -0.4 is 10.1 Å². The zero-order chi connectivity index (χ0) is 15.0. The topological polar surface area (TPSA) is 21.3 Å². The van der Waals surface area contributed by atoms with Gasteiger partial charge >= 0.3 is 12.4 Å². The first-order valence-corrected chi connectivity index (χ1v) is 5.83. The predicted molar refractivity (Wildman–Crippen MR) is 58.3 cm³/mol. The molecular weight excluding hydrogens is 288 g/mol. The number of alkyl halides is 6. The molecule has 1 heterocycles. The van der Waals surface area contributed by atoms with Gasteiger partial charge in [0, 0.05) is 6.54 Å². The van der Waals surface area contributed by atoms with Crippen LogP contribution in [0.3, 0.4) is 0 Å². The molecule has 1 unspecified atom stereocenters. The van der Waals surface area contributed by atoms with Crippen molar-refractivity contribution in [3.63, 3.8) is 0 Å². The van der Waals surface area contributed by atoms with Gasteiger partial charge in [-0.05, 0) is 31.2 Å². The van der Waals surface area contributed by atoms with E-state index < -0.39 is 35.3 Å². The average molecular weight is 299 g/mol. The highest BCUT2D eigenvalue weighted by Crippen LogP contribution is 2.38. The Kier molecular flexibility index (Phi) is 3.86. The second-order valence-electron chi connectivity index (χ2n) is 4.47. The second kappa shape index (κ2) is 5.16. The molecule has 1 aliphatic rings. The van der Waals surface area contributed by atoms with Crippen molar-refractivity contribution < 1.29 is 31.1 Å². The smallest absolute Gasteiger partial charge is 0.416 e. The molecule has 1 aromatic carbocycles. The van der Waals surface area contributed by atoms with Crippen molar-refractivity contribution in [1.82, 2.24) is 5.32 Å². The van der Waals surface area contributed by atoms with Gasteiger partial charge in [-0.25, -0.2) is 0 Å². The molecule has 0 saturated carbocycles. The van der Waals surface area contributed by atoms with Gasteiger partial charge in [-0.2, -0.15) is 26.3 Å². The molecule has 1 N–H and O–H groups in total. The molecule has 1 atom stereocenters. The monoisotopic (exact) mass is 299 g/mol. The Morgan fingerprint density at radius 3 is 1.90 bits per heavy atom. The van der Waals surface area contributed by atoms with Crippen molar-refractivity contribution in [3.05, 3.63) is 29.3 Å². The molecule has 0 spiro atoms. The summed E-state index contributed by atoms with van der Waals surface area (Å²) in [6.45, 7) is 1.02. The van der Waals surface area contributed by atoms with Gasteiger partial charge in [-0.1, -0.05) is 0 Å². The number of nitrogens with one attached hydrogen (secondary N) is 1. The van der Waals surface area contributed by atoms with Crippen LogP contribution in [-0.4, -0.2) is 19.2 Å². The molecule has 2 rings (SSSR count). The van der Waals surface area contributed by atoms with Crippen LogP contribution in [0.15, 0.2) is 18.2 Å². The average Bonchev–Trinajstić information content (AvgIpc) is 2.79. The summed E-state index contributed by atoms with van der Waals surface area (Å²) in [6, 6.07) is 1.26. The zero-order valence-corrected chi connectivity index (χ0v) is 10.1. The first kappa shape index (κ1) is 15.0. The summed E-state index contributed by atoms with van der Waals surface area (Å²) in [4.78, 5) is 0. The fraction of sp³-hybridized carbons (Fsp3) is 0.500. The minimum atomic E-state index is -4.85. The van der Waals surface area contributed by atoms with Gasteiger partial charge in [0.15, 0.2) is 0 Å². The Morgan fingerprint density at radius 2 is 1.50 bits per heavy atom. The van der Waals surface area contributed by atoms with Crippen molar-refractivity contribution in [2.24, 2.45) is 0 Å². The van der Waals surface area contributed by atoms with E-state index in [-0.39, 0.29) is 6.07 Å². The molecule has 20 heavy (non-hydrogen) atoms. The van der Waals surface area contributed by atoms with Gasteiger partial charge in [-0.3, -0.25) is 0 Å². The largest absolute Gasteiger partial charge is 0.489 e. The van der Waals surface area contributed by atoms with Crippen molar-refractivity contribution in [3.8, 4) is 5.75 Å². The standard InChI is InChI=1S/C12H11F6NO/c13-11(14,15)7-3-8(12(16,17)18)5-10(4-7)20-9-1-2-19-6-9/h3-5,9,19H,1-2,6H2. The van der Waals surface area contributed by atoms with Gasteiger partial charge in [0.25, 0.3) is 0 Å². The molecular formula is C12H11F6NO. The fourth-order valence-electron chi connectivity index (χ4n) is 1.92. The van der Waals surface area contributed by atoms with E-state index in [1.54, 1.807) is 0 Å². The maximum Gasteiger partial charge on any atom is 0.416 e. The molecule has 0 bridgehead atoms. The first-order valence-electron chi connectivity index (χ1n) is 5.83. The molecule has 1 aromatic rings. The zero-order valence-electron chi connectivity index (χ0n) is 10.1. The van der Waals surface area contributed by atoms with Gasteiger partial charge in [-0.15, -0.1) is 0 Å². The summed E-state index contributed by atoms with van der Waals surface area (Å²) in [7, 11) is 0. The van der Waals surface area contributed by atoms with Crippen LogP contribution in [-0.2, 0) is 12.4 Å². The Bertz CT molecular complexity index is 444. The number of hydrogen-bond acceptors (Lipinski definition) is 2. The second-order valence-corrected chi connectivity index (χ2v) is 4.47. The van der Waals surface area contributed by atoms with E-state index in [1.807, 2.05) is 0 Å². The molecule has 8 heteroatoms. The quantitative estimate of drug-likeness (QED) is 0.844. The van der Waals surface area contributed by atoms with Crippen LogP contribution in [0.2, 0.25) is 0 Å². The molecule has 1 aliphatic heterocycles. The molecule has 0 radical (unpaired) electrons. The van der Waals surface area contributed by atoms with Gasteiger partial charge in [0.2, 0.25) is 0 Å². The van der Waals surface area contributed by atoms with Gasteiger partial charge < -0.3 is 10.1 Å². The fourth-order valence-corrected chi connectivity index (χ4v) is 1.92. The number of ether oxygens (including phenoxy) is 1. The van der Waals surface area contributed by atoms with Crippen molar-refractivity contribution in [2.45, 2.75) is 24.9 Å². The molecule has 0 amide bonds. The van der Waals surface area contributed by atoms with Crippen molar-refractivity contribution in [2.75, 3.05) is 13.1 Å². The van der Waals surface area contributed by atoms with E-state index in [2.05, 4.69) is 5.32 Å². The molecule has 2 nitrogen and oxygen atoms in total. The summed E-state index contributed by atoms with van der Waals surface area (Å²) in [6.07, 6.45) is -9.59. The third kappa shape index (κ3) is 3.56. The minimum absolute atomic E-state index is 0.0831. The van der Waals surface area contributed by atoms with Crippen molar-refractivity contribution >= 4 is 0 Å². The highest BCUT2D eigenvalue weighted by Gasteiger charge is 2.37. The van der Waals surface area contributed by atoms with Crippen LogP contribution in [0.25, 0.3) is 0 Å². The number of rotatable bonds is 2. The number of benzene rings is 1. The van der Waals surface area contributed by atoms with Crippen LogP contribution in [0.4, 0.5) is 26.3 Å². The highest BCUT2D eigenvalue weighted by atomic mass is 19.4. The summed E-state index contributed by atoms with van der Waals surface area (Å²) in [5.41, 5.74) is -2.73. The van der Waals surface area contributed by atoms with E-state index in [0.717, 1.165) is 0 Å². The van der Waals surface area contributed by atoms with E-state index in [9.17, 15) is 26.3 Å². The Labute approximate surface area is 110 Å².